The molecule has 0 atom stereocenters. The molecule has 0 spiro atoms. The molecule has 0 heterocycles. The molecular weight excluding hydrogens is 306 g/mol. The van der Waals surface area contributed by atoms with E-state index in [9.17, 15) is 4.79 Å². The Hall–Kier alpha value is -2.35. The summed E-state index contributed by atoms with van der Waals surface area (Å²) in [5.74, 6) is 0.436. The van der Waals surface area contributed by atoms with Gasteiger partial charge in [0.15, 0.2) is 0 Å². The summed E-state index contributed by atoms with van der Waals surface area (Å²) in [4.78, 5) is 11.4. The van der Waals surface area contributed by atoms with Crippen LogP contribution in [0.2, 0.25) is 0 Å². The maximum absolute atomic E-state index is 11.4. The number of rotatable bonds is 11. The van der Waals surface area contributed by atoms with Crippen molar-refractivity contribution < 1.29 is 4.79 Å². The number of carbonyl (C=O) groups excluding carboxylic acids is 1. The Morgan fingerprint density at radius 1 is 0.920 bits per heavy atom. The molecule has 0 bridgehead atoms. The minimum atomic E-state index is -0.0389. The van der Waals surface area contributed by atoms with Gasteiger partial charge in [-0.15, -0.1) is 0 Å². The summed E-state index contributed by atoms with van der Waals surface area (Å²) in [6.07, 6.45) is 20.1. The normalized spacial score (nSPS) is 12.3. The Balaban J connectivity index is 2.05. The standard InChI is InChI=1S/C23H31NO/c1-21(2)20-24-23(25)19-15-10-8-6-4-3-5-7-9-12-16-22-17-13-11-14-18-22/h4,6-11,13-15,17-19,21H,3,5,12,16,20H2,1-2H3,(H,24,25)/b6-4?,9-7-,10-8+,19-15+. The fraction of sp³-hybridized carbons (Fsp3) is 0.348. The van der Waals surface area contributed by atoms with Crippen molar-refractivity contribution in [2.24, 2.45) is 5.92 Å². The second-order valence-corrected chi connectivity index (χ2v) is 6.38. The Bertz CT molecular complexity index is 579. The minimum absolute atomic E-state index is 0.0389. The molecule has 0 fully saturated rings. The molecule has 1 rings (SSSR count). The molecule has 0 aliphatic rings. The lowest BCUT2D eigenvalue weighted by Crippen LogP contribution is -2.25. The molecule has 1 aromatic rings. The number of nitrogens with one attached hydrogen (secondary N) is 1. The molecule has 0 aromatic heterocycles. The molecular formula is C23H31NO. The van der Waals surface area contributed by atoms with Crippen molar-refractivity contribution in [3.05, 3.63) is 84.5 Å². The predicted octanol–water partition coefficient (Wildman–Crippen LogP) is 5.40. The fourth-order valence-electron chi connectivity index (χ4n) is 2.13. The van der Waals surface area contributed by atoms with E-state index in [1.165, 1.54) is 5.56 Å². The molecule has 0 radical (unpaired) electrons. The van der Waals surface area contributed by atoms with Crippen LogP contribution in [0.3, 0.4) is 0 Å². The van der Waals surface area contributed by atoms with Gasteiger partial charge in [-0.3, -0.25) is 4.79 Å². The van der Waals surface area contributed by atoms with E-state index in [-0.39, 0.29) is 5.91 Å². The molecule has 134 valence electrons. The molecule has 0 saturated heterocycles. The van der Waals surface area contributed by atoms with E-state index < -0.39 is 0 Å². The van der Waals surface area contributed by atoms with Gasteiger partial charge in [0.2, 0.25) is 5.91 Å². The highest BCUT2D eigenvalue weighted by atomic mass is 16.1. The zero-order valence-electron chi connectivity index (χ0n) is 15.5. The molecule has 0 aliphatic heterocycles. The zero-order chi connectivity index (χ0) is 18.2. The number of hydrogen-bond donors (Lipinski definition) is 1. The second kappa shape index (κ2) is 14.0. The van der Waals surface area contributed by atoms with Crippen molar-refractivity contribution in [2.45, 2.75) is 39.5 Å². The quantitative estimate of drug-likeness (QED) is 0.249. The summed E-state index contributed by atoms with van der Waals surface area (Å²) >= 11 is 0. The zero-order valence-corrected chi connectivity index (χ0v) is 15.5. The molecule has 2 nitrogen and oxygen atoms in total. The van der Waals surface area contributed by atoms with Gasteiger partial charge >= 0.3 is 0 Å². The van der Waals surface area contributed by atoms with Gasteiger partial charge in [-0.25, -0.2) is 0 Å². The number of unbranched alkanes of at least 4 members (excludes halogenated alkanes) is 1. The highest BCUT2D eigenvalue weighted by Gasteiger charge is 1.95. The Kier molecular flexibility index (Phi) is 11.6. The summed E-state index contributed by atoms with van der Waals surface area (Å²) in [7, 11) is 0. The van der Waals surface area contributed by atoms with Gasteiger partial charge in [-0.05, 0) is 37.2 Å². The molecule has 2 heteroatoms. The molecule has 0 unspecified atom stereocenters. The lowest BCUT2D eigenvalue weighted by Gasteiger charge is -2.03. The number of amides is 1. The number of allylic oxidation sites excluding steroid dienone is 7. The molecule has 1 aromatic carbocycles. The molecule has 25 heavy (non-hydrogen) atoms. The molecule has 0 aliphatic carbocycles. The topological polar surface area (TPSA) is 29.1 Å². The Morgan fingerprint density at radius 3 is 2.36 bits per heavy atom. The van der Waals surface area contributed by atoms with Crippen LogP contribution in [0.25, 0.3) is 0 Å². The molecule has 0 saturated carbocycles. The SMILES string of the molecule is CC(C)CNC(=O)/C=C/C=C/C=CCC/C=C\CCc1ccccc1. The molecule has 1 amide bonds. The van der Waals surface area contributed by atoms with Crippen LogP contribution in [0.4, 0.5) is 0 Å². The highest BCUT2D eigenvalue weighted by molar-refractivity contribution is 5.87. The summed E-state index contributed by atoms with van der Waals surface area (Å²) < 4.78 is 0. The van der Waals surface area contributed by atoms with Gasteiger partial charge < -0.3 is 5.32 Å². The van der Waals surface area contributed by atoms with Gasteiger partial charge in [0.05, 0.1) is 0 Å². The first kappa shape index (κ1) is 20.7. The van der Waals surface area contributed by atoms with Gasteiger partial charge in [0.25, 0.3) is 0 Å². The third kappa shape index (κ3) is 12.7. The lowest BCUT2D eigenvalue weighted by molar-refractivity contribution is -0.116. The largest absolute Gasteiger partial charge is 0.352 e. The number of hydrogen-bond acceptors (Lipinski definition) is 1. The Labute approximate surface area is 153 Å². The third-order valence-corrected chi connectivity index (χ3v) is 3.51. The summed E-state index contributed by atoms with van der Waals surface area (Å²) in [5.41, 5.74) is 1.39. The van der Waals surface area contributed by atoms with Gasteiger partial charge in [0.1, 0.15) is 0 Å². The van der Waals surface area contributed by atoms with E-state index in [1.54, 1.807) is 12.2 Å². The van der Waals surface area contributed by atoms with E-state index >= 15 is 0 Å². The average molecular weight is 338 g/mol. The van der Waals surface area contributed by atoms with Crippen molar-refractivity contribution in [1.29, 1.82) is 0 Å². The van der Waals surface area contributed by atoms with E-state index in [2.05, 4.69) is 67.7 Å². The fourth-order valence-corrected chi connectivity index (χ4v) is 2.13. The van der Waals surface area contributed by atoms with E-state index in [4.69, 9.17) is 0 Å². The smallest absolute Gasteiger partial charge is 0.243 e. The average Bonchev–Trinajstić information content (AvgIpc) is 2.61. The van der Waals surface area contributed by atoms with Gasteiger partial charge in [0, 0.05) is 12.6 Å². The van der Waals surface area contributed by atoms with Gasteiger partial charge in [-0.2, -0.15) is 0 Å². The van der Waals surface area contributed by atoms with Crippen LogP contribution < -0.4 is 5.32 Å². The third-order valence-electron chi connectivity index (χ3n) is 3.51. The summed E-state index contributed by atoms with van der Waals surface area (Å²) in [6, 6.07) is 10.6. The van der Waals surface area contributed by atoms with Crippen LogP contribution in [0.1, 0.15) is 38.7 Å². The molecule has 1 N–H and O–H groups in total. The van der Waals surface area contributed by atoms with Crippen LogP contribution >= 0.6 is 0 Å². The van der Waals surface area contributed by atoms with Crippen LogP contribution in [0, 0.1) is 5.92 Å². The first-order valence-electron chi connectivity index (χ1n) is 9.15. The van der Waals surface area contributed by atoms with Crippen molar-refractivity contribution in [3.63, 3.8) is 0 Å². The van der Waals surface area contributed by atoms with Crippen LogP contribution in [-0.2, 0) is 11.2 Å². The van der Waals surface area contributed by atoms with Crippen molar-refractivity contribution in [3.8, 4) is 0 Å². The lowest BCUT2D eigenvalue weighted by atomic mass is 10.1. The Morgan fingerprint density at radius 2 is 1.60 bits per heavy atom. The van der Waals surface area contributed by atoms with E-state index in [1.807, 2.05) is 18.2 Å². The van der Waals surface area contributed by atoms with Crippen LogP contribution in [0.5, 0.6) is 0 Å². The summed E-state index contributed by atoms with van der Waals surface area (Å²) in [5, 5.41) is 2.84. The maximum Gasteiger partial charge on any atom is 0.243 e. The van der Waals surface area contributed by atoms with Crippen molar-refractivity contribution in [2.75, 3.05) is 6.54 Å². The van der Waals surface area contributed by atoms with Crippen LogP contribution in [-0.4, -0.2) is 12.5 Å². The van der Waals surface area contributed by atoms with Gasteiger partial charge in [-0.1, -0.05) is 86.7 Å². The van der Waals surface area contributed by atoms with E-state index in [0.29, 0.717) is 12.5 Å². The first-order valence-corrected chi connectivity index (χ1v) is 9.15. The minimum Gasteiger partial charge on any atom is -0.352 e. The number of benzene rings is 1. The second-order valence-electron chi connectivity index (χ2n) is 6.38. The predicted molar refractivity (Wildman–Crippen MR) is 108 cm³/mol. The van der Waals surface area contributed by atoms with Crippen molar-refractivity contribution in [1.82, 2.24) is 5.32 Å². The summed E-state index contributed by atoms with van der Waals surface area (Å²) in [6.45, 7) is 4.87. The number of aryl methyl sites for hydroxylation is 1. The highest BCUT2D eigenvalue weighted by Crippen LogP contribution is 2.03. The first-order chi connectivity index (χ1) is 12.2. The van der Waals surface area contributed by atoms with Crippen molar-refractivity contribution >= 4 is 5.91 Å². The van der Waals surface area contributed by atoms with Crippen LogP contribution in [0.15, 0.2) is 78.9 Å². The maximum atomic E-state index is 11.4. The monoisotopic (exact) mass is 337 g/mol. The van der Waals surface area contributed by atoms with E-state index in [0.717, 1.165) is 25.7 Å². The number of carbonyl (C=O) groups is 1.